The van der Waals surface area contributed by atoms with Crippen LogP contribution in [0.25, 0.3) is 11.0 Å². The largest absolute Gasteiger partial charge is 0.391 e. The maximum absolute atomic E-state index is 10.8. The number of benzene rings is 2. The summed E-state index contributed by atoms with van der Waals surface area (Å²) in [5.74, 6) is 0. The first-order valence-corrected chi connectivity index (χ1v) is 7.00. The van der Waals surface area contributed by atoms with Crippen LogP contribution in [-0.2, 0) is 6.61 Å². The van der Waals surface area contributed by atoms with E-state index in [4.69, 9.17) is 0 Å². The molecule has 0 fully saturated rings. The maximum atomic E-state index is 10.8. The number of aromatic amines is 1. The van der Waals surface area contributed by atoms with Gasteiger partial charge in [-0.15, -0.1) is 0 Å². The van der Waals surface area contributed by atoms with Gasteiger partial charge in [0.1, 0.15) is 0 Å². The molecule has 7 heteroatoms. The van der Waals surface area contributed by atoms with Crippen LogP contribution in [0, 0.1) is 10.1 Å². The second kappa shape index (κ2) is 5.55. The van der Waals surface area contributed by atoms with Crippen molar-refractivity contribution in [2.45, 2.75) is 16.7 Å². The Morgan fingerprint density at radius 2 is 2.10 bits per heavy atom. The summed E-state index contributed by atoms with van der Waals surface area (Å²) in [5, 5.41) is 20.8. The van der Waals surface area contributed by atoms with Crippen LogP contribution in [0.5, 0.6) is 0 Å². The molecule has 0 atom stereocenters. The number of aliphatic hydroxyl groups excluding tert-OH is 1. The van der Waals surface area contributed by atoms with Gasteiger partial charge in [-0.1, -0.05) is 23.9 Å². The van der Waals surface area contributed by atoms with E-state index in [2.05, 4.69) is 9.97 Å². The molecular weight excluding hydrogens is 290 g/mol. The molecule has 3 rings (SSSR count). The van der Waals surface area contributed by atoms with Crippen LogP contribution in [-0.4, -0.2) is 20.0 Å². The van der Waals surface area contributed by atoms with E-state index in [1.807, 2.05) is 24.3 Å². The smallest absolute Gasteiger partial charge is 0.274 e. The second-order valence-corrected chi connectivity index (χ2v) is 5.43. The third-order valence-electron chi connectivity index (χ3n) is 3.00. The lowest BCUT2D eigenvalue weighted by Crippen LogP contribution is -1.95. The van der Waals surface area contributed by atoms with E-state index in [0.717, 1.165) is 15.9 Å². The summed E-state index contributed by atoms with van der Waals surface area (Å²) in [5.41, 5.74) is 2.01. The summed E-state index contributed by atoms with van der Waals surface area (Å²) in [6.07, 6.45) is 0. The lowest BCUT2D eigenvalue weighted by Gasteiger charge is -2.02. The van der Waals surface area contributed by atoms with Crippen molar-refractivity contribution in [3.8, 4) is 0 Å². The summed E-state index contributed by atoms with van der Waals surface area (Å²) >= 11 is 1.36. The third-order valence-corrected chi connectivity index (χ3v) is 3.88. The van der Waals surface area contributed by atoms with Crippen molar-refractivity contribution in [1.82, 2.24) is 9.97 Å². The monoisotopic (exact) mass is 301 g/mol. The van der Waals surface area contributed by atoms with Gasteiger partial charge in [-0.2, -0.15) is 0 Å². The molecule has 1 aromatic heterocycles. The Balaban J connectivity index is 1.92. The summed E-state index contributed by atoms with van der Waals surface area (Å²) in [6.45, 7) is -0.370. The number of nitrogens with one attached hydrogen (secondary N) is 1. The van der Waals surface area contributed by atoms with Crippen molar-refractivity contribution in [2.75, 3.05) is 0 Å². The number of hydrogen-bond acceptors (Lipinski definition) is 5. The van der Waals surface area contributed by atoms with Crippen LogP contribution in [0.3, 0.4) is 0 Å². The minimum Gasteiger partial charge on any atom is -0.391 e. The van der Waals surface area contributed by atoms with Gasteiger partial charge in [0.05, 0.1) is 28.1 Å². The van der Waals surface area contributed by atoms with E-state index in [9.17, 15) is 15.2 Å². The number of fused-ring (bicyclic) bond motifs is 1. The second-order valence-electron chi connectivity index (χ2n) is 4.37. The SMILES string of the molecule is O=[N+]([O-])c1ccc(Sc2nc3ccccc3[nH]2)cc1CO. The Labute approximate surface area is 124 Å². The van der Waals surface area contributed by atoms with E-state index < -0.39 is 4.92 Å². The highest BCUT2D eigenvalue weighted by atomic mass is 32.2. The van der Waals surface area contributed by atoms with Gasteiger partial charge in [-0.25, -0.2) is 4.98 Å². The van der Waals surface area contributed by atoms with Crippen molar-refractivity contribution >= 4 is 28.5 Å². The van der Waals surface area contributed by atoms with Gasteiger partial charge in [0.2, 0.25) is 0 Å². The van der Waals surface area contributed by atoms with Crippen LogP contribution in [0.2, 0.25) is 0 Å². The zero-order chi connectivity index (χ0) is 14.8. The third kappa shape index (κ3) is 2.74. The van der Waals surface area contributed by atoms with E-state index in [1.54, 1.807) is 12.1 Å². The topological polar surface area (TPSA) is 92.0 Å². The number of nitro benzene ring substituents is 1. The Bertz CT molecular complexity index is 783. The average molecular weight is 301 g/mol. The maximum Gasteiger partial charge on any atom is 0.274 e. The number of nitro groups is 1. The molecule has 106 valence electrons. The number of nitrogens with zero attached hydrogens (tertiary/aromatic N) is 2. The standard InChI is InChI=1S/C14H11N3O3S/c18-8-9-7-10(5-6-13(9)17(19)20)21-14-15-11-3-1-2-4-12(11)16-14/h1-7,18H,8H2,(H,15,16). The predicted octanol–water partition coefficient (Wildman–Crippen LogP) is 3.11. The van der Waals surface area contributed by atoms with Crippen molar-refractivity contribution in [1.29, 1.82) is 0 Å². The molecule has 0 aliphatic heterocycles. The van der Waals surface area contributed by atoms with Crippen molar-refractivity contribution in [3.63, 3.8) is 0 Å². The Morgan fingerprint density at radius 3 is 2.81 bits per heavy atom. The molecule has 0 spiro atoms. The fraction of sp³-hybridized carbons (Fsp3) is 0.0714. The minimum absolute atomic E-state index is 0.0774. The predicted molar refractivity (Wildman–Crippen MR) is 79.2 cm³/mol. The van der Waals surface area contributed by atoms with E-state index in [1.165, 1.54) is 17.8 Å². The number of hydrogen-bond donors (Lipinski definition) is 2. The van der Waals surface area contributed by atoms with E-state index in [-0.39, 0.29) is 12.3 Å². The highest BCUT2D eigenvalue weighted by molar-refractivity contribution is 7.99. The first kappa shape index (κ1) is 13.6. The highest BCUT2D eigenvalue weighted by Crippen LogP contribution is 2.30. The van der Waals surface area contributed by atoms with Crippen molar-refractivity contribution in [3.05, 3.63) is 58.1 Å². The van der Waals surface area contributed by atoms with Crippen LogP contribution >= 0.6 is 11.8 Å². The zero-order valence-corrected chi connectivity index (χ0v) is 11.6. The van der Waals surface area contributed by atoms with Crippen molar-refractivity contribution < 1.29 is 10.0 Å². The fourth-order valence-corrected chi connectivity index (χ4v) is 2.88. The van der Waals surface area contributed by atoms with Crippen molar-refractivity contribution in [2.24, 2.45) is 0 Å². The average Bonchev–Trinajstić information content (AvgIpc) is 2.88. The van der Waals surface area contributed by atoms with Gasteiger partial charge >= 0.3 is 0 Å². The zero-order valence-electron chi connectivity index (χ0n) is 10.8. The molecule has 0 saturated carbocycles. The molecule has 21 heavy (non-hydrogen) atoms. The van der Waals surface area contributed by atoms with Crippen LogP contribution < -0.4 is 0 Å². The highest BCUT2D eigenvalue weighted by Gasteiger charge is 2.14. The molecule has 6 nitrogen and oxygen atoms in total. The van der Waals surface area contributed by atoms with Crippen LogP contribution in [0.15, 0.2) is 52.5 Å². The molecule has 0 unspecified atom stereocenters. The van der Waals surface area contributed by atoms with Gasteiger partial charge in [0, 0.05) is 11.0 Å². The normalized spacial score (nSPS) is 10.9. The Morgan fingerprint density at radius 1 is 1.29 bits per heavy atom. The molecule has 0 radical (unpaired) electrons. The fourth-order valence-electron chi connectivity index (χ4n) is 2.02. The molecule has 2 N–H and O–H groups in total. The first-order chi connectivity index (χ1) is 10.2. The van der Waals surface area contributed by atoms with Crippen LogP contribution in [0.4, 0.5) is 5.69 Å². The van der Waals surface area contributed by atoms with Gasteiger partial charge in [-0.3, -0.25) is 10.1 Å². The molecule has 0 saturated heterocycles. The van der Waals surface area contributed by atoms with Gasteiger partial charge in [0.15, 0.2) is 5.16 Å². The van der Waals surface area contributed by atoms with Gasteiger partial charge in [-0.05, 0) is 24.3 Å². The summed E-state index contributed by atoms with van der Waals surface area (Å²) in [4.78, 5) is 18.7. The van der Waals surface area contributed by atoms with E-state index >= 15 is 0 Å². The summed E-state index contributed by atoms with van der Waals surface area (Å²) < 4.78 is 0. The Hall–Kier alpha value is -2.38. The van der Waals surface area contributed by atoms with E-state index in [0.29, 0.717) is 10.7 Å². The molecule has 2 aromatic carbocycles. The Kier molecular flexibility index (Phi) is 3.59. The lowest BCUT2D eigenvalue weighted by atomic mass is 10.2. The minimum atomic E-state index is -0.499. The molecule has 1 heterocycles. The molecule has 0 aliphatic rings. The molecule has 0 aliphatic carbocycles. The first-order valence-electron chi connectivity index (χ1n) is 6.18. The van der Waals surface area contributed by atoms with Gasteiger partial charge in [0.25, 0.3) is 5.69 Å². The summed E-state index contributed by atoms with van der Waals surface area (Å²) in [6, 6.07) is 12.3. The molecule has 0 bridgehead atoms. The number of aliphatic hydroxyl groups is 1. The molecule has 0 amide bonds. The lowest BCUT2D eigenvalue weighted by molar-refractivity contribution is -0.385. The van der Waals surface area contributed by atoms with Gasteiger partial charge < -0.3 is 10.1 Å². The number of rotatable bonds is 4. The number of para-hydroxylation sites is 2. The summed E-state index contributed by atoms with van der Waals surface area (Å²) in [7, 11) is 0. The quantitative estimate of drug-likeness (QED) is 0.570. The number of H-pyrrole nitrogens is 1. The molecule has 3 aromatic rings. The number of imidazole rings is 1. The molecular formula is C14H11N3O3S. The van der Waals surface area contributed by atoms with Crippen LogP contribution in [0.1, 0.15) is 5.56 Å². The number of aromatic nitrogens is 2.